The first-order chi connectivity index (χ1) is 10.9. The molecule has 1 saturated carbocycles. The minimum atomic E-state index is -4.41. The minimum absolute atomic E-state index is 0.123. The molecule has 6 nitrogen and oxygen atoms in total. The van der Waals surface area contributed by atoms with E-state index in [1.807, 2.05) is 0 Å². The van der Waals surface area contributed by atoms with Crippen molar-refractivity contribution in [2.24, 2.45) is 5.41 Å². The summed E-state index contributed by atoms with van der Waals surface area (Å²) in [7, 11) is 0. The average molecular weight is 348 g/mol. The Bertz CT molecular complexity index is 595. The molecule has 0 radical (unpaired) electrons. The van der Waals surface area contributed by atoms with Crippen LogP contribution < -0.4 is 10.5 Å². The van der Waals surface area contributed by atoms with Gasteiger partial charge in [0.05, 0.1) is 17.8 Å². The van der Waals surface area contributed by atoms with Crippen molar-refractivity contribution in [2.45, 2.75) is 44.5 Å². The van der Waals surface area contributed by atoms with Crippen molar-refractivity contribution in [2.75, 3.05) is 32.0 Å². The summed E-state index contributed by atoms with van der Waals surface area (Å²) in [6.45, 7) is 4.69. The molecule has 136 valence electrons. The maximum atomic E-state index is 12.2. The van der Waals surface area contributed by atoms with Gasteiger partial charge in [0.15, 0.2) is 6.61 Å². The first kappa shape index (κ1) is 17.3. The standard InChI is InChI=1S/C15H23F3N4O2/c1-13(2,23)6-21-7-14(8-21)3-10(4-14)22-5-11(19)12(20-22)24-9-15(16,17)18/h5,10,23H,3-4,6-9,19H2,1-2H3. The maximum absolute atomic E-state index is 12.2. The van der Waals surface area contributed by atoms with Crippen LogP contribution in [-0.4, -0.2) is 57.8 Å². The van der Waals surface area contributed by atoms with Crippen LogP contribution in [0.4, 0.5) is 18.9 Å². The van der Waals surface area contributed by atoms with E-state index in [1.165, 1.54) is 6.20 Å². The molecule has 0 amide bonds. The van der Waals surface area contributed by atoms with Crippen molar-refractivity contribution in [1.29, 1.82) is 0 Å². The molecule has 3 N–H and O–H groups in total. The molecule has 0 unspecified atom stereocenters. The zero-order valence-corrected chi connectivity index (χ0v) is 13.8. The number of hydrogen-bond donors (Lipinski definition) is 2. The molecule has 2 heterocycles. The molecule has 2 aliphatic rings. The second-order valence-corrected chi connectivity index (χ2v) is 7.79. The fraction of sp³-hybridized carbons (Fsp3) is 0.800. The summed E-state index contributed by atoms with van der Waals surface area (Å²) in [5.41, 5.74) is 5.34. The van der Waals surface area contributed by atoms with Crippen molar-refractivity contribution in [3.8, 4) is 5.88 Å². The molecule has 2 fully saturated rings. The molecule has 1 aromatic rings. The Hall–Kier alpha value is -1.48. The number of aliphatic hydroxyl groups is 1. The first-order valence-corrected chi connectivity index (χ1v) is 7.94. The molecule has 0 atom stereocenters. The monoisotopic (exact) mass is 348 g/mol. The van der Waals surface area contributed by atoms with Crippen LogP contribution in [-0.2, 0) is 0 Å². The number of β-amino-alcohol motifs (C(OH)–C–C–N with tert-alkyl or cyclic N) is 1. The third-order valence-corrected chi connectivity index (χ3v) is 4.54. The van der Waals surface area contributed by atoms with Gasteiger partial charge in [-0.2, -0.15) is 13.2 Å². The van der Waals surface area contributed by atoms with E-state index in [0.29, 0.717) is 6.54 Å². The Morgan fingerprint density at radius 3 is 2.54 bits per heavy atom. The van der Waals surface area contributed by atoms with Gasteiger partial charge in [-0.15, -0.1) is 5.10 Å². The quantitative estimate of drug-likeness (QED) is 0.849. The maximum Gasteiger partial charge on any atom is 0.422 e. The summed E-state index contributed by atoms with van der Waals surface area (Å²) >= 11 is 0. The number of alkyl halides is 3. The molecule has 9 heteroatoms. The van der Waals surface area contributed by atoms with Crippen LogP contribution in [0.2, 0.25) is 0 Å². The third kappa shape index (κ3) is 3.77. The largest absolute Gasteiger partial charge is 0.466 e. The van der Waals surface area contributed by atoms with Gasteiger partial charge in [-0.25, -0.2) is 0 Å². The van der Waals surface area contributed by atoms with E-state index < -0.39 is 18.4 Å². The average Bonchev–Trinajstić information content (AvgIpc) is 2.67. The Morgan fingerprint density at radius 2 is 2.00 bits per heavy atom. The lowest BCUT2D eigenvalue weighted by Gasteiger charge is -2.59. The van der Waals surface area contributed by atoms with E-state index in [1.54, 1.807) is 18.5 Å². The molecule has 1 saturated heterocycles. The number of likely N-dealkylation sites (tertiary alicyclic amines) is 1. The summed E-state index contributed by atoms with van der Waals surface area (Å²) in [4.78, 5) is 2.21. The van der Waals surface area contributed by atoms with Crippen LogP contribution in [0.3, 0.4) is 0 Å². The van der Waals surface area contributed by atoms with Gasteiger partial charge in [0.1, 0.15) is 5.69 Å². The van der Waals surface area contributed by atoms with Crippen LogP contribution in [0.15, 0.2) is 6.20 Å². The lowest BCUT2D eigenvalue weighted by Crippen LogP contribution is -2.64. The highest BCUT2D eigenvalue weighted by Crippen LogP contribution is 2.54. The van der Waals surface area contributed by atoms with E-state index in [2.05, 4.69) is 14.7 Å². The number of anilines is 1. The van der Waals surface area contributed by atoms with E-state index in [0.717, 1.165) is 25.9 Å². The zero-order valence-electron chi connectivity index (χ0n) is 13.8. The Morgan fingerprint density at radius 1 is 1.38 bits per heavy atom. The Balaban J connectivity index is 1.50. The smallest absolute Gasteiger partial charge is 0.422 e. The number of aromatic nitrogens is 2. The van der Waals surface area contributed by atoms with E-state index >= 15 is 0 Å². The van der Waals surface area contributed by atoms with Gasteiger partial charge in [-0.3, -0.25) is 9.58 Å². The first-order valence-electron chi connectivity index (χ1n) is 7.94. The van der Waals surface area contributed by atoms with Crippen molar-refractivity contribution in [3.05, 3.63) is 6.20 Å². The highest BCUT2D eigenvalue weighted by molar-refractivity contribution is 5.46. The van der Waals surface area contributed by atoms with Crippen molar-refractivity contribution in [3.63, 3.8) is 0 Å². The predicted octanol–water partition coefficient (Wildman–Crippen LogP) is 1.81. The molecular weight excluding hydrogens is 325 g/mol. The zero-order chi connectivity index (χ0) is 17.8. The number of ether oxygens (including phenoxy) is 1. The minimum Gasteiger partial charge on any atom is -0.466 e. The molecule has 1 aromatic heterocycles. The summed E-state index contributed by atoms with van der Waals surface area (Å²) in [6, 6.07) is 0.139. The third-order valence-electron chi connectivity index (χ3n) is 4.54. The SMILES string of the molecule is CC(C)(O)CN1CC2(CC(n3cc(N)c(OCC(F)(F)F)n3)C2)C1. The van der Waals surface area contributed by atoms with E-state index in [4.69, 9.17) is 5.73 Å². The topological polar surface area (TPSA) is 76.5 Å². The predicted molar refractivity (Wildman–Crippen MR) is 81.6 cm³/mol. The van der Waals surface area contributed by atoms with Gasteiger partial charge in [0.25, 0.3) is 5.88 Å². The van der Waals surface area contributed by atoms with E-state index in [-0.39, 0.29) is 23.0 Å². The summed E-state index contributed by atoms with van der Waals surface area (Å²) in [6.07, 6.45) is -1.05. The second kappa shape index (κ2) is 5.52. The highest BCUT2D eigenvalue weighted by Gasteiger charge is 2.53. The van der Waals surface area contributed by atoms with Crippen LogP contribution in [0.5, 0.6) is 5.88 Å². The lowest BCUT2D eigenvalue weighted by molar-refractivity contribution is -0.154. The van der Waals surface area contributed by atoms with Crippen LogP contribution in [0.25, 0.3) is 0 Å². The molecule has 24 heavy (non-hydrogen) atoms. The molecule has 0 bridgehead atoms. The normalized spacial score (nSPS) is 21.6. The van der Waals surface area contributed by atoms with Gasteiger partial charge in [0, 0.05) is 19.6 Å². The molecule has 1 spiro atoms. The molecular formula is C15H23F3N4O2. The van der Waals surface area contributed by atoms with Gasteiger partial charge in [-0.05, 0) is 32.1 Å². The number of nitrogens with two attached hydrogens (primary N) is 1. The number of rotatable bonds is 5. The number of halogens is 3. The fourth-order valence-electron chi connectivity index (χ4n) is 3.79. The highest BCUT2D eigenvalue weighted by atomic mass is 19.4. The fourth-order valence-corrected chi connectivity index (χ4v) is 3.79. The van der Waals surface area contributed by atoms with Crippen LogP contribution >= 0.6 is 0 Å². The van der Waals surface area contributed by atoms with Crippen LogP contribution in [0, 0.1) is 5.41 Å². The Kier molecular flexibility index (Phi) is 3.99. The van der Waals surface area contributed by atoms with Gasteiger partial charge in [0.2, 0.25) is 0 Å². The summed E-state index contributed by atoms with van der Waals surface area (Å²) < 4.78 is 42.9. The van der Waals surface area contributed by atoms with E-state index in [9.17, 15) is 18.3 Å². The summed E-state index contributed by atoms with van der Waals surface area (Å²) in [5, 5.41) is 13.9. The number of hydrogen-bond acceptors (Lipinski definition) is 5. The molecule has 1 aliphatic carbocycles. The van der Waals surface area contributed by atoms with Crippen molar-refractivity contribution >= 4 is 5.69 Å². The number of nitrogen functional groups attached to an aromatic ring is 1. The number of nitrogens with zero attached hydrogens (tertiary/aromatic N) is 3. The van der Waals surface area contributed by atoms with Gasteiger partial charge < -0.3 is 15.6 Å². The summed E-state index contributed by atoms with van der Waals surface area (Å²) in [5.74, 6) is -0.162. The van der Waals surface area contributed by atoms with Crippen LogP contribution in [0.1, 0.15) is 32.7 Å². The van der Waals surface area contributed by atoms with Crippen molar-refractivity contribution in [1.82, 2.24) is 14.7 Å². The van der Waals surface area contributed by atoms with Gasteiger partial charge in [-0.1, -0.05) is 0 Å². The Labute approximate surface area is 138 Å². The molecule has 3 rings (SSSR count). The second-order valence-electron chi connectivity index (χ2n) is 7.79. The molecule has 0 aromatic carbocycles. The van der Waals surface area contributed by atoms with Gasteiger partial charge >= 0.3 is 6.18 Å². The van der Waals surface area contributed by atoms with Crippen molar-refractivity contribution < 1.29 is 23.0 Å². The molecule has 1 aliphatic heterocycles. The lowest BCUT2D eigenvalue weighted by atomic mass is 9.60.